The molecule has 1 saturated heterocycles. The second kappa shape index (κ2) is 5.43. The van der Waals surface area contributed by atoms with Gasteiger partial charge in [-0.3, -0.25) is 19.3 Å². The molecule has 0 spiro atoms. The number of carbonyl (C=O) groups excluding carboxylic acids is 3. The zero-order valence-electron chi connectivity index (χ0n) is 14.0. The van der Waals surface area contributed by atoms with Gasteiger partial charge in [0.1, 0.15) is 6.54 Å². The summed E-state index contributed by atoms with van der Waals surface area (Å²) in [5, 5.41) is 2.80. The molecule has 3 fully saturated rings. The summed E-state index contributed by atoms with van der Waals surface area (Å²) in [5.74, 6) is -0.197. The number of anilines is 1. The first-order valence-corrected chi connectivity index (χ1v) is 8.68. The second-order valence-corrected chi connectivity index (χ2v) is 7.49. The Bertz CT molecular complexity index is 714. The zero-order valence-corrected chi connectivity index (χ0v) is 14.0. The fraction of sp³-hybridized carbons (Fsp3) is 0.526. The molecule has 1 aromatic rings. The number of amides is 3. The fourth-order valence-corrected chi connectivity index (χ4v) is 4.79. The Morgan fingerprint density at radius 2 is 1.71 bits per heavy atom. The predicted molar refractivity (Wildman–Crippen MR) is 89.1 cm³/mol. The molecule has 5 heteroatoms. The first kappa shape index (κ1) is 15.4. The summed E-state index contributed by atoms with van der Waals surface area (Å²) in [6, 6.07) is 5.68. The first-order chi connectivity index (χ1) is 11.5. The number of rotatable bonds is 3. The van der Waals surface area contributed by atoms with E-state index in [1.54, 1.807) is 0 Å². The number of hydrogen-bond acceptors (Lipinski definition) is 3. The molecule has 2 aliphatic carbocycles. The molecule has 5 nitrogen and oxygen atoms in total. The largest absolute Gasteiger partial charge is 0.325 e. The Hall–Kier alpha value is -2.17. The lowest BCUT2D eigenvalue weighted by molar-refractivity contribution is -0.143. The van der Waals surface area contributed by atoms with Gasteiger partial charge in [-0.15, -0.1) is 0 Å². The van der Waals surface area contributed by atoms with Crippen LogP contribution in [0.4, 0.5) is 5.69 Å². The molecule has 3 aliphatic rings. The van der Waals surface area contributed by atoms with Crippen molar-refractivity contribution in [3.8, 4) is 0 Å². The van der Waals surface area contributed by atoms with Crippen molar-refractivity contribution in [1.29, 1.82) is 0 Å². The van der Waals surface area contributed by atoms with Crippen LogP contribution in [0.1, 0.15) is 30.4 Å². The van der Waals surface area contributed by atoms with Gasteiger partial charge in [0.15, 0.2) is 0 Å². The van der Waals surface area contributed by atoms with Crippen LogP contribution in [-0.2, 0) is 14.4 Å². The van der Waals surface area contributed by atoms with E-state index in [1.807, 2.05) is 32.0 Å². The lowest BCUT2D eigenvalue weighted by atomic mass is 9.81. The number of nitrogens with one attached hydrogen (secondary N) is 1. The van der Waals surface area contributed by atoms with E-state index in [9.17, 15) is 14.4 Å². The van der Waals surface area contributed by atoms with Gasteiger partial charge in [-0.2, -0.15) is 0 Å². The molecule has 0 radical (unpaired) electrons. The summed E-state index contributed by atoms with van der Waals surface area (Å²) in [4.78, 5) is 38.7. The minimum atomic E-state index is -0.313. The van der Waals surface area contributed by atoms with Crippen LogP contribution >= 0.6 is 0 Å². The van der Waals surface area contributed by atoms with Gasteiger partial charge in [-0.25, -0.2) is 0 Å². The molecule has 2 saturated carbocycles. The quantitative estimate of drug-likeness (QED) is 0.867. The average Bonchev–Trinajstić information content (AvgIpc) is 3.21. The van der Waals surface area contributed by atoms with Crippen LogP contribution in [0, 0.1) is 37.5 Å². The highest BCUT2D eigenvalue weighted by molar-refractivity contribution is 6.09. The summed E-state index contributed by atoms with van der Waals surface area (Å²) in [7, 11) is 0. The number of likely N-dealkylation sites (tertiary alicyclic amines) is 1. The third kappa shape index (κ3) is 2.26. The van der Waals surface area contributed by atoms with Crippen molar-refractivity contribution in [2.24, 2.45) is 23.7 Å². The maximum atomic E-state index is 12.6. The van der Waals surface area contributed by atoms with Gasteiger partial charge in [0.25, 0.3) is 0 Å². The van der Waals surface area contributed by atoms with E-state index in [0.717, 1.165) is 30.4 Å². The standard InChI is InChI=1S/C19H22N2O3/c1-10-3-6-14(7-11(10)2)20-15(22)9-21-18(23)16-12-4-5-13(8-12)17(16)19(21)24/h3,6-7,12-13,16-17H,4-5,8-9H2,1-2H3,(H,20,22). The van der Waals surface area contributed by atoms with E-state index in [4.69, 9.17) is 0 Å². The van der Waals surface area contributed by atoms with Gasteiger partial charge >= 0.3 is 0 Å². The molecule has 24 heavy (non-hydrogen) atoms. The van der Waals surface area contributed by atoms with Gasteiger partial charge in [0.2, 0.25) is 17.7 Å². The van der Waals surface area contributed by atoms with Crippen LogP contribution in [0.3, 0.4) is 0 Å². The smallest absolute Gasteiger partial charge is 0.244 e. The van der Waals surface area contributed by atoms with E-state index in [2.05, 4.69) is 5.32 Å². The number of imide groups is 1. The molecule has 4 atom stereocenters. The second-order valence-electron chi connectivity index (χ2n) is 7.49. The summed E-state index contributed by atoms with van der Waals surface area (Å²) < 4.78 is 0. The molecule has 1 heterocycles. The SMILES string of the molecule is Cc1ccc(NC(=O)CN2C(=O)C3C4CCC(C4)C3C2=O)cc1C. The Morgan fingerprint density at radius 3 is 2.29 bits per heavy atom. The molecular formula is C19H22N2O3. The Morgan fingerprint density at radius 1 is 1.08 bits per heavy atom. The molecule has 1 aliphatic heterocycles. The Kier molecular flexibility index (Phi) is 3.48. The number of carbonyl (C=O) groups is 3. The molecular weight excluding hydrogens is 304 g/mol. The summed E-state index contributed by atoms with van der Waals surface area (Å²) in [5.41, 5.74) is 2.94. The maximum absolute atomic E-state index is 12.6. The van der Waals surface area contributed by atoms with Crippen LogP contribution in [0.15, 0.2) is 18.2 Å². The van der Waals surface area contributed by atoms with Crippen LogP contribution in [0.5, 0.6) is 0 Å². The molecule has 4 rings (SSSR count). The van der Waals surface area contributed by atoms with E-state index >= 15 is 0 Å². The number of aryl methyl sites for hydroxylation is 2. The van der Waals surface area contributed by atoms with E-state index in [0.29, 0.717) is 17.5 Å². The van der Waals surface area contributed by atoms with Crippen molar-refractivity contribution in [2.75, 3.05) is 11.9 Å². The molecule has 126 valence electrons. The van der Waals surface area contributed by atoms with Gasteiger partial charge in [-0.1, -0.05) is 6.07 Å². The number of fused-ring (bicyclic) bond motifs is 5. The molecule has 0 aromatic heterocycles. The van der Waals surface area contributed by atoms with Crippen molar-refractivity contribution >= 4 is 23.4 Å². The predicted octanol–water partition coefficient (Wildman–Crippen LogP) is 2.27. The van der Waals surface area contributed by atoms with Crippen molar-refractivity contribution in [3.63, 3.8) is 0 Å². The van der Waals surface area contributed by atoms with Gasteiger partial charge < -0.3 is 5.32 Å². The normalized spacial score (nSPS) is 30.8. The van der Waals surface area contributed by atoms with Crippen molar-refractivity contribution < 1.29 is 14.4 Å². The van der Waals surface area contributed by atoms with Crippen LogP contribution in [-0.4, -0.2) is 29.2 Å². The maximum Gasteiger partial charge on any atom is 0.244 e. The Labute approximate surface area is 141 Å². The third-order valence-electron chi connectivity index (χ3n) is 6.11. The zero-order chi connectivity index (χ0) is 17.0. The number of benzene rings is 1. The molecule has 1 N–H and O–H groups in total. The van der Waals surface area contributed by atoms with Gasteiger partial charge in [0, 0.05) is 5.69 Å². The minimum Gasteiger partial charge on any atom is -0.325 e. The number of hydrogen-bond donors (Lipinski definition) is 1. The topological polar surface area (TPSA) is 66.5 Å². The third-order valence-corrected chi connectivity index (χ3v) is 6.11. The molecule has 1 aromatic carbocycles. The highest BCUT2D eigenvalue weighted by Gasteiger charge is 2.60. The first-order valence-electron chi connectivity index (χ1n) is 8.68. The molecule has 4 unspecified atom stereocenters. The summed E-state index contributed by atoms with van der Waals surface area (Å²) >= 11 is 0. The van der Waals surface area contributed by atoms with Gasteiger partial charge in [-0.05, 0) is 68.2 Å². The minimum absolute atomic E-state index is 0.132. The molecule has 3 amide bonds. The lowest BCUT2D eigenvalue weighted by Gasteiger charge is -2.19. The van der Waals surface area contributed by atoms with Crippen molar-refractivity contribution in [3.05, 3.63) is 29.3 Å². The summed E-state index contributed by atoms with van der Waals surface area (Å²) in [6.07, 6.45) is 3.11. The monoisotopic (exact) mass is 326 g/mol. The highest BCUT2D eigenvalue weighted by atomic mass is 16.2. The lowest BCUT2D eigenvalue weighted by Crippen LogP contribution is -2.39. The number of nitrogens with zero attached hydrogens (tertiary/aromatic N) is 1. The van der Waals surface area contributed by atoms with Crippen LogP contribution in [0.25, 0.3) is 0 Å². The highest BCUT2D eigenvalue weighted by Crippen LogP contribution is 2.56. The van der Waals surface area contributed by atoms with Crippen LogP contribution in [0.2, 0.25) is 0 Å². The molecule has 2 bridgehead atoms. The van der Waals surface area contributed by atoms with Crippen LogP contribution < -0.4 is 5.32 Å². The van der Waals surface area contributed by atoms with Gasteiger partial charge in [0.05, 0.1) is 11.8 Å². The van der Waals surface area contributed by atoms with Crippen molar-refractivity contribution in [1.82, 2.24) is 4.90 Å². The van der Waals surface area contributed by atoms with E-state index in [1.165, 1.54) is 4.90 Å². The summed E-state index contributed by atoms with van der Waals surface area (Å²) in [6.45, 7) is 3.82. The van der Waals surface area contributed by atoms with E-state index < -0.39 is 0 Å². The fourth-order valence-electron chi connectivity index (χ4n) is 4.79. The van der Waals surface area contributed by atoms with E-state index in [-0.39, 0.29) is 36.1 Å². The van der Waals surface area contributed by atoms with Crippen molar-refractivity contribution in [2.45, 2.75) is 33.1 Å². The average molecular weight is 326 g/mol. The Balaban J connectivity index is 1.45.